The Balaban J connectivity index is 2.27. The van der Waals surface area contributed by atoms with E-state index >= 15 is 0 Å². The second kappa shape index (κ2) is 6.86. The van der Waals surface area contributed by atoms with Gasteiger partial charge in [-0.1, -0.05) is 18.7 Å². The Morgan fingerprint density at radius 3 is 2.65 bits per heavy atom. The number of hydrogen-bond acceptors (Lipinski definition) is 6. The summed E-state index contributed by atoms with van der Waals surface area (Å²) in [5.41, 5.74) is 4.39. The maximum Gasteiger partial charge on any atom is 0.332 e. The van der Waals surface area contributed by atoms with E-state index in [2.05, 4.69) is 11.9 Å². The standard InChI is InChI=1S/C14H19N5O3S/c1-4-6-19-7-5-16-13(19)23-8-9(20)10-11(15)17(2)14(22)18(3)12(10)21/h5,7H,4,6,8,15H2,1-3H3. The summed E-state index contributed by atoms with van der Waals surface area (Å²) >= 11 is 1.24. The number of Topliss-reactive ketones (excluding diaryl/α,β-unsaturated/α-hetero) is 1. The van der Waals surface area contributed by atoms with Gasteiger partial charge in [-0.2, -0.15) is 0 Å². The van der Waals surface area contributed by atoms with Crippen molar-refractivity contribution in [1.29, 1.82) is 0 Å². The van der Waals surface area contributed by atoms with Crippen LogP contribution in [0.5, 0.6) is 0 Å². The molecule has 0 aromatic carbocycles. The van der Waals surface area contributed by atoms with Gasteiger partial charge in [-0.3, -0.25) is 18.7 Å². The van der Waals surface area contributed by atoms with Crippen LogP contribution >= 0.6 is 11.8 Å². The van der Waals surface area contributed by atoms with Crippen molar-refractivity contribution in [2.45, 2.75) is 25.0 Å². The van der Waals surface area contributed by atoms with Gasteiger partial charge in [-0.25, -0.2) is 9.78 Å². The van der Waals surface area contributed by atoms with Crippen molar-refractivity contribution in [3.63, 3.8) is 0 Å². The fourth-order valence-electron chi connectivity index (χ4n) is 2.17. The summed E-state index contributed by atoms with van der Waals surface area (Å²) in [4.78, 5) is 40.5. The van der Waals surface area contributed by atoms with Crippen LogP contribution in [0.3, 0.4) is 0 Å². The molecule has 0 fully saturated rings. The molecule has 0 aliphatic carbocycles. The molecule has 0 bridgehead atoms. The van der Waals surface area contributed by atoms with Crippen molar-refractivity contribution in [2.24, 2.45) is 14.1 Å². The van der Waals surface area contributed by atoms with Crippen molar-refractivity contribution in [3.05, 3.63) is 38.8 Å². The van der Waals surface area contributed by atoms with Crippen LogP contribution in [-0.4, -0.2) is 30.2 Å². The fourth-order valence-corrected chi connectivity index (χ4v) is 3.03. The van der Waals surface area contributed by atoms with Crippen molar-refractivity contribution < 1.29 is 4.79 Å². The molecular formula is C14H19N5O3S. The molecule has 23 heavy (non-hydrogen) atoms. The first-order chi connectivity index (χ1) is 10.9. The number of carbonyl (C=O) groups is 1. The summed E-state index contributed by atoms with van der Waals surface area (Å²) in [7, 11) is 2.75. The Bertz CT molecular complexity index is 849. The van der Waals surface area contributed by atoms with E-state index in [1.165, 1.54) is 25.9 Å². The highest BCUT2D eigenvalue weighted by Crippen LogP contribution is 2.18. The van der Waals surface area contributed by atoms with Gasteiger partial charge in [-0.15, -0.1) is 0 Å². The van der Waals surface area contributed by atoms with Crippen LogP contribution in [0.15, 0.2) is 27.1 Å². The zero-order valence-corrected chi connectivity index (χ0v) is 14.1. The van der Waals surface area contributed by atoms with Crippen LogP contribution in [-0.2, 0) is 20.6 Å². The molecule has 0 radical (unpaired) electrons. The topological polar surface area (TPSA) is 105 Å². The number of rotatable bonds is 6. The molecule has 0 aliphatic rings. The van der Waals surface area contributed by atoms with Gasteiger partial charge in [0.05, 0.1) is 5.75 Å². The molecule has 0 spiro atoms. The third-order valence-corrected chi connectivity index (χ3v) is 4.47. The predicted molar refractivity (Wildman–Crippen MR) is 88.9 cm³/mol. The van der Waals surface area contributed by atoms with Gasteiger partial charge in [0.25, 0.3) is 5.56 Å². The number of thioether (sulfide) groups is 1. The first-order valence-corrected chi connectivity index (χ1v) is 8.09. The lowest BCUT2D eigenvalue weighted by atomic mass is 10.2. The highest BCUT2D eigenvalue weighted by Gasteiger charge is 2.20. The van der Waals surface area contributed by atoms with Crippen molar-refractivity contribution in [3.8, 4) is 0 Å². The predicted octanol–water partition coefficient (Wildman–Crippen LogP) is 0.248. The van der Waals surface area contributed by atoms with E-state index in [9.17, 15) is 14.4 Å². The lowest BCUT2D eigenvalue weighted by molar-refractivity contribution is 0.102. The zero-order valence-electron chi connectivity index (χ0n) is 13.3. The molecule has 2 rings (SSSR count). The number of nitrogens with zero attached hydrogens (tertiary/aromatic N) is 4. The molecule has 9 heteroatoms. The molecule has 0 saturated carbocycles. The Morgan fingerprint density at radius 1 is 1.30 bits per heavy atom. The van der Waals surface area contributed by atoms with E-state index < -0.39 is 17.0 Å². The van der Waals surface area contributed by atoms with Gasteiger partial charge in [0, 0.05) is 33.0 Å². The average Bonchev–Trinajstić information content (AvgIpc) is 2.97. The Labute approximate surface area is 136 Å². The molecule has 2 N–H and O–H groups in total. The molecule has 2 heterocycles. The summed E-state index contributed by atoms with van der Waals surface area (Å²) in [6.07, 6.45) is 4.46. The summed E-state index contributed by atoms with van der Waals surface area (Å²) < 4.78 is 3.92. The summed E-state index contributed by atoms with van der Waals surface area (Å²) in [5, 5.41) is 0.709. The van der Waals surface area contributed by atoms with Crippen LogP contribution in [0.25, 0.3) is 0 Å². The van der Waals surface area contributed by atoms with E-state index in [0.29, 0.717) is 5.16 Å². The molecule has 0 saturated heterocycles. The number of ketones is 1. The van der Waals surface area contributed by atoms with E-state index in [4.69, 9.17) is 5.73 Å². The normalized spacial score (nSPS) is 10.9. The molecule has 8 nitrogen and oxygen atoms in total. The number of aromatic nitrogens is 4. The Morgan fingerprint density at radius 2 is 2.00 bits per heavy atom. The second-order valence-electron chi connectivity index (χ2n) is 5.08. The summed E-state index contributed by atoms with van der Waals surface area (Å²) in [5.74, 6) is -0.506. The van der Waals surface area contributed by atoms with E-state index in [-0.39, 0.29) is 17.1 Å². The van der Waals surface area contributed by atoms with Crippen molar-refractivity contribution >= 4 is 23.4 Å². The molecule has 124 valence electrons. The quantitative estimate of drug-likeness (QED) is 0.598. The second-order valence-corrected chi connectivity index (χ2v) is 6.02. The number of anilines is 1. The van der Waals surface area contributed by atoms with E-state index in [1.54, 1.807) is 6.20 Å². The van der Waals surface area contributed by atoms with Crippen molar-refractivity contribution in [1.82, 2.24) is 18.7 Å². The molecule has 0 atom stereocenters. The molecule has 2 aromatic rings. The van der Waals surface area contributed by atoms with E-state index in [0.717, 1.165) is 22.1 Å². The highest BCUT2D eigenvalue weighted by molar-refractivity contribution is 7.99. The maximum atomic E-state index is 12.4. The van der Waals surface area contributed by atoms with Crippen LogP contribution in [0.4, 0.5) is 5.82 Å². The van der Waals surface area contributed by atoms with Gasteiger partial charge >= 0.3 is 5.69 Å². The van der Waals surface area contributed by atoms with E-state index in [1.807, 2.05) is 10.8 Å². The molecule has 0 amide bonds. The lowest BCUT2D eigenvalue weighted by Crippen LogP contribution is -2.41. The maximum absolute atomic E-state index is 12.4. The number of aryl methyl sites for hydroxylation is 1. The molecule has 2 aromatic heterocycles. The first-order valence-electron chi connectivity index (χ1n) is 7.11. The molecule has 0 unspecified atom stereocenters. The summed E-state index contributed by atoms with van der Waals surface area (Å²) in [6, 6.07) is 0. The third kappa shape index (κ3) is 3.24. The van der Waals surface area contributed by atoms with Crippen LogP contribution in [0.2, 0.25) is 0 Å². The number of imidazole rings is 1. The number of nitrogens with two attached hydrogens (primary N) is 1. The highest BCUT2D eigenvalue weighted by atomic mass is 32.2. The summed E-state index contributed by atoms with van der Waals surface area (Å²) in [6.45, 7) is 2.86. The SMILES string of the molecule is CCCn1ccnc1SCC(=O)c1c(N)n(C)c(=O)n(C)c1=O. The Hall–Kier alpha value is -2.29. The van der Waals surface area contributed by atoms with Crippen LogP contribution in [0.1, 0.15) is 23.7 Å². The lowest BCUT2D eigenvalue weighted by Gasteiger charge is -2.10. The monoisotopic (exact) mass is 337 g/mol. The smallest absolute Gasteiger partial charge is 0.332 e. The van der Waals surface area contributed by atoms with Gasteiger partial charge < -0.3 is 10.3 Å². The van der Waals surface area contributed by atoms with Gasteiger partial charge in [0.1, 0.15) is 11.4 Å². The average molecular weight is 337 g/mol. The fraction of sp³-hybridized carbons (Fsp3) is 0.429. The Kier molecular flexibility index (Phi) is 5.09. The van der Waals surface area contributed by atoms with Crippen LogP contribution < -0.4 is 17.0 Å². The van der Waals surface area contributed by atoms with Crippen molar-refractivity contribution in [2.75, 3.05) is 11.5 Å². The van der Waals surface area contributed by atoms with Crippen LogP contribution in [0, 0.1) is 0 Å². The largest absolute Gasteiger partial charge is 0.384 e. The number of carbonyl (C=O) groups excluding carboxylic acids is 1. The number of hydrogen-bond donors (Lipinski definition) is 1. The van der Waals surface area contributed by atoms with Gasteiger partial charge in [0.2, 0.25) is 0 Å². The minimum Gasteiger partial charge on any atom is -0.384 e. The first kappa shape index (κ1) is 17.1. The van der Waals surface area contributed by atoms with Gasteiger partial charge in [-0.05, 0) is 6.42 Å². The molecule has 0 aliphatic heterocycles. The number of nitrogen functional groups attached to an aromatic ring is 1. The minimum atomic E-state index is -0.673. The molecular weight excluding hydrogens is 318 g/mol. The van der Waals surface area contributed by atoms with Gasteiger partial charge in [0.15, 0.2) is 10.9 Å². The zero-order chi connectivity index (χ0) is 17.1. The third-order valence-electron chi connectivity index (χ3n) is 3.46. The minimum absolute atomic E-state index is 0.0262.